The molecular weight excluding hydrogens is 190 g/mol. The fraction of sp³-hybridized carbons (Fsp3) is 0.400. The number of hydrogen-bond donors (Lipinski definition) is 1. The molecule has 0 aromatic heterocycles. The van der Waals surface area contributed by atoms with Gasteiger partial charge in [0, 0.05) is 5.56 Å². The predicted octanol–water partition coefficient (Wildman–Crippen LogP) is 1.95. The van der Waals surface area contributed by atoms with E-state index >= 15 is 0 Å². The Morgan fingerprint density at radius 3 is 2.50 bits per heavy atom. The molecule has 0 saturated heterocycles. The maximum atomic E-state index is 13.2. The largest absolute Gasteiger partial charge is 0.493 e. The summed E-state index contributed by atoms with van der Waals surface area (Å²) in [5.74, 6) is -2.19. The van der Waals surface area contributed by atoms with Crippen molar-refractivity contribution in [1.82, 2.24) is 0 Å². The first-order valence-electron chi connectivity index (χ1n) is 4.33. The zero-order chi connectivity index (χ0) is 10.3. The Balaban J connectivity index is 2.55. The van der Waals surface area contributed by atoms with Crippen molar-refractivity contribution in [3.63, 3.8) is 0 Å². The summed E-state index contributed by atoms with van der Waals surface area (Å²) in [7, 11) is 1.26. The monoisotopic (exact) mass is 200 g/mol. The Morgan fingerprint density at radius 2 is 2.00 bits per heavy atom. The van der Waals surface area contributed by atoms with Gasteiger partial charge in [0.05, 0.1) is 12.7 Å². The first-order chi connectivity index (χ1) is 6.58. The quantitative estimate of drug-likeness (QED) is 0.790. The van der Waals surface area contributed by atoms with Crippen molar-refractivity contribution in [2.24, 2.45) is 0 Å². The third kappa shape index (κ3) is 1.26. The van der Waals surface area contributed by atoms with Gasteiger partial charge in [0.25, 0.3) is 0 Å². The van der Waals surface area contributed by atoms with Crippen molar-refractivity contribution in [3.05, 3.63) is 29.3 Å². The third-order valence-corrected chi connectivity index (χ3v) is 2.48. The summed E-state index contributed by atoms with van der Waals surface area (Å²) in [5, 5.41) is 9.76. The van der Waals surface area contributed by atoms with Crippen molar-refractivity contribution in [1.29, 1.82) is 0 Å². The minimum Gasteiger partial charge on any atom is -0.493 e. The summed E-state index contributed by atoms with van der Waals surface area (Å²) in [5.41, 5.74) is -0.682. The van der Waals surface area contributed by atoms with Gasteiger partial charge in [-0.15, -0.1) is 0 Å². The minimum atomic E-state index is -1.04. The van der Waals surface area contributed by atoms with Crippen LogP contribution in [-0.2, 0) is 5.60 Å². The first kappa shape index (κ1) is 9.40. The van der Waals surface area contributed by atoms with Crippen LogP contribution in [0, 0.1) is 11.6 Å². The number of halogens is 2. The van der Waals surface area contributed by atoms with Gasteiger partial charge in [0.1, 0.15) is 0 Å². The molecule has 0 amide bonds. The number of aliphatic hydroxyl groups is 1. The standard InChI is InChI=1S/C10H10F2O2/c1-14-9-6(10(13)4-5-10)2-3-7(11)8(9)12/h2-3,13H,4-5H2,1H3. The van der Waals surface area contributed by atoms with Crippen molar-refractivity contribution < 1.29 is 18.6 Å². The average molecular weight is 200 g/mol. The summed E-state index contributed by atoms with van der Waals surface area (Å²) >= 11 is 0. The van der Waals surface area contributed by atoms with Crippen LogP contribution in [0.2, 0.25) is 0 Å². The van der Waals surface area contributed by atoms with Crippen LogP contribution in [0.5, 0.6) is 5.75 Å². The van der Waals surface area contributed by atoms with Gasteiger partial charge < -0.3 is 9.84 Å². The van der Waals surface area contributed by atoms with Gasteiger partial charge in [-0.2, -0.15) is 4.39 Å². The van der Waals surface area contributed by atoms with Gasteiger partial charge in [0.2, 0.25) is 5.82 Å². The second-order valence-electron chi connectivity index (χ2n) is 3.47. The van der Waals surface area contributed by atoms with Gasteiger partial charge in [-0.05, 0) is 25.0 Å². The SMILES string of the molecule is COc1c(C2(O)CC2)ccc(F)c1F. The molecule has 0 aliphatic heterocycles. The van der Waals surface area contributed by atoms with Gasteiger partial charge in [-0.25, -0.2) is 4.39 Å². The number of rotatable bonds is 2. The van der Waals surface area contributed by atoms with E-state index in [1.807, 2.05) is 0 Å². The molecule has 1 N–H and O–H groups in total. The van der Waals surface area contributed by atoms with E-state index in [9.17, 15) is 13.9 Å². The molecule has 2 nitrogen and oxygen atoms in total. The lowest BCUT2D eigenvalue weighted by Gasteiger charge is -2.13. The van der Waals surface area contributed by atoms with E-state index in [2.05, 4.69) is 0 Å². The first-order valence-corrected chi connectivity index (χ1v) is 4.33. The maximum Gasteiger partial charge on any atom is 0.200 e. The minimum absolute atomic E-state index is 0.190. The van der Waals surface area contributed by atoms with Crippen LogP contribution in [0.25, 0.3) is 0 Å². The van der Waals surface area contributed by atoms with Crippen LogP contribution in [0.4, 0.5) is 8.78 Å². The number of benzene rings is 1. The fourth-order valence-electron chi connectivity index (χ4n) is 1.49. The van der Waals surface area contributed by atoms with Crippen molar-refractivity contribution >= 4 is 0 Å². The Kier molecular flexibility index (Phi) is 1.96. The van der Waals surface area contributed by atoms with Crippen LogP contribution in [0.1, 0.15) is 18.4 Å². The molecule has 1 aromatic rings. The second-order valence-corrected chi connectivity index (χ2v) is 3.47. The van der Waals surface area contributed by atoms with E-state index in [4.69, 9.17) is 4.74 Å². The van der Waals surface area contributed by atoms with E-state index in [1.165, 1.54) is 13.2 Å². The van der Waals surface area contributed by atoms with Crippen LogP contribution >= 0.6 is 0 Å². The lowest BCUT2D eigenvalue weighted by Crippen LogP contribution is -2.08. The van der Waals surface area contributed by atoms with Gasteiger partial charge in [0.15, 0.2) is 11.6 Å². The smallest absolute Gasteiger partial charge is 0.200 e. The molecule has 1 fully saturated rings. The summed E-state index contributed by atoms with van der Waals surface area (Å²) in [6, 6.07) is 2.37. The summed E-state index contributed by atoms with van der Waals surface area (Å²) in [4.78, 5) is 0. The molecular formula is C10H10F2O2. The number of hydrogen-bond acceptors (Lipinski definition) is 2. The summed E-state index contributed by atoms with van der Waals surface area (Å²) in [6.07, 6.45) is 1.13. The zero-order valence-electron chi connectivity index (χ0n) is 7.68. The molecule has 0 bridgehead atoms. The van der Waals surface area contributed by atoms with Crippen molar-refractivity contribution in [3.8, 4) is 5.75 Å². The number of ether oxygens (including phenoxy) is 1. The fourth-order valence-corrected chi connectivity index (χ4v) is 1.49. The van der Waals surface area contributed by atoms with E-state index < -0.39 is 17.2 Å². The highest BCUT2D eigenvalue weighted by Crippen LogP contribution is 2.49. The molecule has 4 heteroatoms. The normalized spacial score (nSPS) is 18.0. The molecule has 1 aromatic carbocycles. The van der Waals surface area contributed by atoms with E-state index in [1.54, 1.807) is 0 Å². The average Bonchev–Trinajstić information content (AvgIpc) is 2.89. The number of methoxy groups -OCH3 is 1. The third-order valence-electron chi connectivity index (χ3n) is 2.48. The predicted molar refractivity (Wildman–Crippen MR) is 46.0 cm³/mol. The van der Waals surface area contributed by atoms with E-state index in [-0.39, 0.29) is 5.75 Å². The molecule has 0 radical (unpaired) electrons. The highest BCUT2D eigenvalue weighted by Gasteiger charge is 2.45. The molecule has 0 unspecified atom stereocenters. The van der Waals surface area contributed by atoms with Gasteiger partial charge in [-0.1, -0.05) is 0 Å². The summed E-state index contributed by atoms with van der Waals surface area (Å²) in [6.45, 7) is 0. The molecule has 1 aliphatic rings. The van der Waals surface area contributed by atoms with Crippen LogP contribution in [0.3, 0.4) is 0 Å². The van der Waals surface area contributed by atoms with Crippen LogP contribution in [-0.4, -0.2) is 12.2 Å². The molecule has 1 saturated carbocycles. The molecule has 2 rings (SSSR count). The van der Waals surface area contributed by atoms with E-state index in [0.717, 1.165) is 6.07 Å². The van der Waals surface area contributed by atoms with E-state index in [0.29, 0.717) is 18.4 Å². The molecule has 1 aliphatic carbocycles. The maximum absolute atomic E-state index is 13.2. The Labute approximate surface area is 80.1 Å². The molecule has 0 spiro atoms. The molecule has 0 heterocycles. The van der Waals surface area contributed by atoms with Gasteiger partial charge in [-0.3, -0.25) is 0 Å². The topological polar surface area (TPSA) is 29.5 Å². The Hall–Kier alpha value is -1.16. The van der Waals surface area contributed by atoms with Crippen LogP contribution in [0.15, 0.2) is 12.1 Å². The zero-order valence-corrected chi connectivity index (χ0v) is 7.68. The van der Waals surface area contributed by atoms with Crippen molar-refractivity contribution in [2.75, 3.05) is 7.11 Å². The molecule has 14 heavy (non-hydrogen) atoms. The van der Waals surface area contributed by atoms with Crippen LogP contribution < -0.4 is 4.74 Å². The lowest BCUT2D eigenvalue weighted by molar-refractivity contribution is 0.146. The Bertz CT molecular complexity index is 373. The van der Waals surface area contributed by atoms with Crippen molar-refractivity contribution in [2.45, 2.75) is 18.4 Å². The second kappa shape index (κ2) is 2.92. The highest BCUT2D eigenvalue weighted by molar-refractivity contribution is 5.42. The Morgan fingerprint density at radius 1 is 1.36 bits per heavy atom. The summed E-state index contributed by atoms with van der Waals surface area (Å²) < 4.78 is 30.8. The van der Waals surface area contributed by atoms with Gasteiger partial charge >= 0.3 is 0 Å². The molecule has 76 valence electrons. The lowest BCUT2D eigenvalue weighted by atomic mass is 10.1. The highest BCUT2D eigenvalue weighted by atomic mass is 19.2. The molecule has 0 atom stereocenters.